The summed E-state index contributed by atoms with van der Waals surface area (Å²) in [7, 11) is -3.61. The number of hydrogen-bond acceptors (Lipinski definition) is 5. The van der Waals surface area contributed by atoms with Crippen molar-refractivity contribution in [1.29, 1.82) is 0 Å². The highest BCUT2D eigenvalue weighted by Crippen LogP contribution is 2.28. The summed E-state index contributed by atoms with van der Waals surface area (Å²) in [5.74, 6) is 0. The Kier molecular flexibility index (Phi) is 2.76. The smallest absolute Gasteiger partial charge is 0.277 e. The standard InChI is InChI=1S/C11H12N4O4S/c1-2-13-5-6-14-10-4-3-8(15(16)17)7-9(10)12-11(14)20(13,18)19/h3-4,7H,2,5-6H2,1H3. The van der Waals surface area contributed by atoms with Crippen molar-refractivity contribution in [1.82, 2.24) is 13.9 Å². The number of nitro groups is 1. The van der Waals surface area contributed by atoms with Crippen molar-refractivity contribution in [3.05, 3.63) is 28.3 Å². The monoisotopic (exact) mass is 296 g/mol. The molecule has 0 N–H and O–H groups in total. The van der Waals surface area contributed by atoms with Gasteiger partial charge in [-0.3, -0.25) is 10.1 Å². The molecule has 8 nitrogen and oxygen atoms in total. The van der Waals surface area contributed by atoms with Gasteiger partial charge in [0.25, 0.3) is 15.7 Å². The highest BCUT2D eigenvalue weighted by Gasteiger charge is 2.33. The molecular formula is C11H12N4O4S. The van der Waals surface area contributed by atoms with Crippen molar-refractivity contribution in [2.45, 2.75) is 18.6 Å². The molecule has 1 aliphatic rings. The van der Waals surface area contributed by atoms with E-state index < -0.39 is 14.9 Å². The number of aromatic nitrogens is 2. The molecule has 0 saturated carbocycles. The zero-order chi connectivity index (χ0) is 14.5. The summed E-state index contributed by atoms with van der Waals surface area (Å²) in [5, 5.41) is 10.7. The summed E-state index contributed by atoms with van der Waals surface area (Å²) in [5.41, 5.74) is 0.832. The van der Waals surface area contributed by atoms with Crippen LogP contribution in [0.25, 0.3) is 11.0 Å². The van der Waals surface area contributed by atoms with Crippen LogP contribution in [0.4, 0.5) is 5.69 Å². The largest absolute Gasteiger partial charge is 0.312 e. The van der Waals surface area contributed by atoms with Gasteiger partial charge in [0.05, 0.1) is 16.0 Å². The number of nitrogens with zero attached hydrogens (tertiary/aromatic N) is 4. The number of sulfonamides is 1. The van der Waals surface area contributed by atoms with Crippen molar-refractivity contribution < 1.29 is 13.3 Å². The van der Waals surface area contributed by atoms with Gasteiger partial charge in [-0.15, -0.1) is 0 Å². The van der Waals surface area contributed by atoms with E-state index in [0.717, 1.165) is 0 Å². The highest BCUT2D eigenvalue weighted by atomic mass is 32.2. The molecule has 1 aliphatic heterocycles. The van der Waals surface area contributed by atoms with Gasteiger partial charge in [-0.25, -0.2) is 13.4 Å². The van der Waals surface area contributed by atoms with E-state index in [0.29, 0.717) is 30.7 Å². The lowest BCUT2D eigenvalue weighted by molar-refractivity contribution is -0.384. The number of likely N-dealkylation sites (N-methyl/N-ethyl adjacent to an activating group) is 1. The maximum absolute atomic E-state index is 12.3. The summed E-state index contributed by atoms with van der Waals surface area (Å²) in [6.45, 7) is 3.03. The Morgan fingerprint density at radius 3 is 2.80 bits per heavy atom. The zero-order valence-corrected chi connectivity index (χ0v) is 11.5. The van der Waals surface area contributed by atoms with Crippen LogP contribution < -0.4 is 0 Å². The minimum atomic E-state index is -3.61. The molecular weight excluding hydrogens is 284 g/mol. The molecule has 0 saturated heterocycles. The highest BCUT2D eigenvalue weighted by molar-refractivity contribution is 7.89. The molecule has 0 fully saturated rings. The molecule has 0 radical (unpaired) electrons. The minimum absolute atomic E-state index is 0.0407. The second-order valence-corrected chi connectivity index (χ2v) is 6.30. The first-order valence-corrected chi connectivity index (χ1v) is 7.54. The van der Waals surface area contributed by atoms with Gasteiger partial charge < -0.3 is 4.57 Å². The molecule has 2 heterocycles. The number of nitro benzene ring substituents is 1. The van der Waals surface area contributed by atoms with Crippen molar-refractivity contribution in [2.24, 2.45) is 0 Å². The van der Waals surface area contributed by atoms with Gasteiger partial charge in [-0.2, -0.15) is 4.31 Å². The van der Waals surface area contributed by atoms with Gasteiger partial charge in [-0.05, 0) is 6.07 Å². The van der Waals surface area contributed by atoms with Crippen LogP contribution in [0.5, 0.6) is 0 Å². The fraction of sp³-hybridized carbons (Fsp3) is 0.364. The first kappa shape index (κ1) is 13.0. The Hall–Kier alpha value is -2.00. The van der Waals surface area contributed by atoms with Gasteiger partial charge in [-0.1, -0.05) is 6.92 Å². The molecule has 106 valence electrons. The van der Waals surface area contributed by atoms with E-state index in [-0.39, 0.29) is 10.8 Å². The van der Waals surface area contributed by atoms with Gasteiger partial charge in [0, 0.05) is 31.8 Å². The van der Waals surface area contributed by atoms with Gasteiger partial charge in [0.1, 0.15) is 0 Å². The zero-order valence-electron chi connectivity index (χ0n) is 10.7. The summed E-state index contributed by atoms with van der Waals surface area (Å²) in [6.07, 6.45) is 0. The topological polar surface area (TPSA) is 98.3 Å². The van der Waals surface area contributed by atoms with Crippen LogP contribution in [0.1, 0.15) is 6.92 Å². The second-order valence-electron chi connectivity index (χ2n) is 4.47. The lowest BCUT2D eigenvalue weighted by atomic mass is 10.3. The number of imidazole rings is 1. The van der Waals surface area contributed by atoms with Crippen molar-refractivity contribution >= 4 is 26.7 Å². The van der Waals surface area contributed by atoms with E-state index in [9.17, 15) is 18.5 Å². The average Bonchev–Trinajstić information content (AvgIpc) is 2.78. The fourth-order valence-corrected chi connectivity index (χ4v) is 3.97. The Balaban J connectivity index is 2.26. The lowest BCUT2D eigenvalue weighted by Gasteiger charge is -2.25. The molecule has 3 rings (SSSR count). The average molecular weight is 296 g/mol. The molecule has 0 unspecified atom stereocenters. The van der Waals surface area contributed by atoms with Crippen LogP contribution in [0.2, 0.25) is 0 Å². The molecule has 0 amide bonds. The predicted molar refractivity (Wildman–Crippen MR) is 70.8 cm³/mol. The maximum Gasteiger partial charge on any atom is 0.277 e. The Morgan fingerprint density at radius 2 is 2.15 bits per heavy atom. The van der Waals surface area contributed by atoms with Gasteiger partial charge in [0.15, 0.2) is 0 Å². The molecule has 0 bridgehead atoms. The fourth-order valence-electron chi connectivity index (χ4n) is 2.40. The Bertz CT molecular complexity index is 811. The van der Waals surface area contributed by atoms with Gasteiger partial charge in [0.2, 0.25) is 5.16 Å². The molecule has 9 heteroatoms. The third kappa shape index (κ3) is 1.70. The number of benzene rings is 1. The third-order valence-electron chi connectivity index (χ3n) is 3.40. The molecule has 0 spiro atoms. The van der Waals surface area contributed by atoms with E-state index in [1.807, 2.05) is 0 Å². The van der Waals surface area contributed by atoms with Crippen LogP contribution in [0.15, 0.2) is 23.4 Å². The SMILES string of the molecule is CCN1CCn2c(nc3cc([N+](=O)[O-])ccc32)S1(=O)=O. The molecule has 20 heavy (non-hydrogen) atoms. The Morgan fingerprint density at radius 1 is 1.40 bits per heavy atom. The third-order valence-corrected chi connectivity index (χ3v) is 5.30. The van der Waals surface area contributed by atoms with Crippen molar-refractivity contribution in [2.75, 3.05) is 13.1 Å². The Labute approximate surface area is 114 Å². The first-order chi connectivity index (χ1) is 9.45. The van der Waals surface area contributed by atoms with E-state index in [1.54, 1.807) is 17.6 Å². The van der Waals surface area contributed by atoms with E-state index >= 15 is 0 Å². The van der Waals surface area contributed by atoms with Crippen LogP contribution in [0.3, 0.4) is 0 Å². The second kappa shape index (κ2) is 4.25. The quantitative estimate of drug-likeness (QED) is 0.607. The predicted octanol–water partition coefficient (Wildman–Crippen LogP) is 0.969. The first-order valence-electron chi connectivity index (χ1n) is 6.10. The molecule has 0 atom stereocenters. The number of rotatable bonds is 2. The summed E-state index contributed by atoms with van der Waals surface area (Å²) in [6, 6.07) is 4.20. The number of non-ortho nitro benzene ring substituents is 1. The molecule has 2 aromatic rings. The van der Waals surface area contributed by atoms with Crippen LogP contribution in [-0.2, 0) is 16.6 Å². The van der Waals surface area contributed by atoms with Crippen molar-refractivity contribution in [3.63, 3.8) is 0 Å². The molecule has 1 aromatic carbocycles. The van der Waals surface area contributed by atoms with Crippen LogP contribution in [-0.4, -0.2) is 40.3 Å². The number of hydrogen-bond donors (Lipinski definition) is 0. The van der Waals surface area contributed by atoms with E-state index in [2.05, 4.69) is 4.98 Å². The normalized spacial score (nSPS) is 18.1. The van der Waals surface area contributed by atoms with Crippen LogP contribution in [0, 0.1) is 10.1 Å². The van der Waals surface area contributed by atoms with Gasteiger partial charge >= 0.3 is 0 Å². The number of fused-ring (bicyclic) bond motifs is 3. The van der Waals surface area contributed by atoms with E-state index in [1.165, 1.54) is 16.4 Å². The summed E-state index contributed by atoms with van der Waals surface area (Å²) in [4.78, 5) is 14.3. The minimum Gasteiger partial charge on any atom is -0.312 e. The lowest BCUT2D eigenvalue weighted by Crippen LogP contribution is -2.39. The summed E-state index contributed by atoms with van der Waals surface area (Å²) >= 11 is 0. The van der Waals surface area contributed by atoms with E-state index in [4.69, 9.17) is 0 Å². The molecule has 1 aromatic heterocycles. The maximum atomic E-state index is 12.3. The summed E-state index contributed by atoms with van der Waals surface area (Å²) < 4.78 is 27.6. The molecule has 0 aliphatic carbocycles. The van der Waals surface area contributed by atoms with Crippen LogP contribution >= 0.6 is 0 Å². The van der Waals surface area contributed by atoms with Crippen molar-refractivity contribution in [3.8, 4) is 0 Å².